The van der Waals surface area contributed by atoms with Crippen LogP contribution in [0, 0.1) is 0 Å². The third kappa shape index (κ3) is 2.48. The van der Waals surface area contributed by atoms with Crippen LogP contribution in [0.1, 0.15) is 27.9 Å². The highest BCUT2D eigenvalue weighted by molar-refractivity contribution is 5.92. The van der Waals surface area contributed by atoms with Crippen LogP contribution in [-0.2, 0) is 13.1 Å². The molecule has 6 heteroatoms. The van der Waals surface area contributed by atoms with E-state index in [1.165, 1.54) is 6.33 Å². The number of benzene rings is 1. The Kier molecular flexibility index (Phi) is 3.34. The van der Waals surface area contributed by atoms with Crippen LogP contribution in [0.4, 0.5) is 0 Å². The third-order valence-electron chi connectivity index (χ3n) is 4.11. The minimum Gasteiger partial charge on any atom is -0.331 e. The zero-order valence-electron chi connectivity index (χ0n) is 12.4. The SMILES string of the molecule is O=C(c1ccncn1)N1Cc2nccn2C[C@H]1c1ccccc1. The molecule has 1 atom stereocenters. The molecule has 1 aromatic carbocycles. The van der Waals surface area contributed by atoms with Crippen LogP contribution in [0.3, 0.4) is 0 Å². The van der Waals surface area contributed by atoms with Gasteiger partial charge in [0.2, 0.25) is 0 Å². The molecule has 1 aliphatic rings. The summed E-state index contributed by atoms with van der Waals surface area (Å²) in [6.07, 6.45) is 6.71. The highest BCUT2D eigenvalue weighted by Gasteiger charge is 2.32. The summed E-state index contributed by atoms with van der Waals surface area (Å²) in [5.74, 6) is 0.787. The lowest BCUT2D eigenvalue weighted by Crippen LogP contribution is -2.41. The molecule has 0 unspecified atom stereocenters. The Morgan fingerprint density at radius 3 is 2.74 bits per heavy atom. The van der Waals surface area contributed by atoms with Crippen LogP contribution in [0.2, 0.25) is 0 Å². The molecule has 1 aliphatic heterocycles. The molecular formula is C17H15N5O. The van der Waals surface area contributed by atoms with E-state index in [-0.39, 0.29) is 11.9 Å². The van der Waals surface area contributed by atoms with E-state index >= 15 is 0 Å². The van der Waals surface area contributed by atoms with Crippen molar-refractivity contribution in [1.82, 2.24) is 24.4 Å². The number of rotatable bonds is 2. The van der Waals surface area contributed by atoms with E-state index in [0.29, 0.717) is 18.8 Å². The van der Waals surface area contributed by atoms with Crippen molar-refractivity contribution in [2.75, 3.05) is 0 Å². The second-order valence-corrected chi connectivity index (χ2v) is 5.45. The van der Waals surface area contributed by atoms with Gasteiger partial charge in [-0.1, -0.05) is 30.3 Å². The van der Waals surface area contributed by atoms with Crippen molar-refractivity contribution in [1.29, 1.82) is 0 Å². The number of amides is 1. The Balaban J connectivity index is 1.74. The zero-order valence-corrected chi connectivity index (χ0v) is 12.4. The maximum Gasteiger partial charge on any atom is 0.273 e. The molecule has 114 valence electrons. The highest BCUT2D eigenvalue weighted by Crippen LogP contribution is 2.30. The van der Waals surface area contributed by atoms with E-state index < -0.39 is 0 Å². The molecule has 0 bridgehead atoms. The fourth-order valence-electron chi connectivity index (χ4n) is 2.94. The number of hydrogen-bond acceptors (Lipinski definition) is 4. The van der Waals surface area contributed by atoms with Crippen LogP contribution in [-0.4, -0.2) is 30.3 Å². The first-order valence-corrected chi connectivity index (χ1v) is 7.45. The zero-order chi connectivity index (χ0) is 15.6. The Morgan fingerprint density at radius 1 is 1.09 bits per heavy atom. The van der Waals surface area contributed by atoms with Crippen molar-refractivity contribution >= 4 is 5.91 Å². The minimum atomic E-state index is -0.101. The van der Waals surface area contributed by atoms with Gasteiger partial charge in [-0.05, 0) is 11.6 Å². The molecule has 0 saturated carbocycles. The fraction of sp³-hybridized carbons (Fsp3) is 0.176. The topological polar surface area (TPSA) is 63.9 Å². The molecule has 0 spiro atoms. The van der Waals surface area contributed by atoms with Crippen molar-refractivity contribution < 1.29 is 4.79 Å². The quantitative estimate of drug-likeness (QED) is 0.727. The normalized spacial score (nSPS) is 16.9. The summed E-state index contributed by atoms with van der Waals surface area (Å²) in [6, 6.07) is 11.7. The van der Waals surface area contributed by atoms with Crippen LogP contribution in [0.15, 0.2) is 61.3 Å². The average Bonchev–Trinajstić information content (AvgIpc) is 3.09. The summed E-state index contributed by atoms with van der Waals surface area (Å²) in [5.41, 5.74) is 1.51. The Labute approximate surface area is 133 Å². The predicted molar refractivity (Wildman–Crippen MR) is 83.3 cm³/mol. The summed E-state index contributed by atoms with van der Waals surface area (Å²) in [7, 11) is 0. The molecule has 1 amide bonds. The maximum atomic E-state index is 12.9. The van der Waals surface area contributed by atoms with Crippen LogP contribution < -0.4 is 0 Å². The van der Waals surface area contributed by atoms with Crippen molar-refractivity contribution in [3.63, 3.8) is 0 Å². The number of carbonyl (C=O) groups excluding carboxylic acids is 1. The van der Waals surface area contributed by atoms with Gasteiger partial charge in [0.1, 0.15) is 17.8 Å². The molecule has 6 nitrogen and oxygen atoms in total. The smallest absolute Gasteiger partial charge is 0.273 e. The van der Waals surface area contributed by atoms with E-state index in [9.17, 15) is 4.79 Å². The van der Waals surface area contributed by atoms with Gasteiger partial charge < -0.3 is 9.47 Å². The van der Waals surface area contributed by atoms with Gasteiger partial charge in [-0.2, -0.15) is 0 Å². The van der Waals surface area contributed by atoms with Crippen LogP contribution in [0.5, 0.6) is 0 Å². The van der Waals surface area contributed by atoms with Gasteiger partial charge in [-0.25, -0.2) is 15.0 Å². The highest BCUT2D eigenvalue weighted by atomic mass is 16.2. The van der Waals surface area contributed by atoms with Crippen molar-refractivity contribution in [3.8, 4) is 0 Å². The monoisotopic (exact) mass is 305 g/mol. The minimum absolute atomic E-state index is 0.0413. The molecule has 0 saturated heterocycles. The molecule has 0 N–H and O–H groups in total. The van der Waals surface area contributed by atoms with E-state index in [2.05, 4.69) is 19.5 Å². The second-order valence-electron chi connectivity index (χ2n) is 5.45. The maximum absolute atomic E-state index is 12.9. The molecule has 0 aliphatic carbocycles. The van der Waals surface area contributed by atoms with E-state index in [4.69, 9.17) is 0 Å². The van der Waals surface area contributed by atoms with Gasteiger partial charge in [-0.3, -0.25) is 4.79 Å². The van der Waals surface area contributed by atoms with Gasteiger partial charge >= 0.3 is 0 Å². The first-order chi connectivity index (χ1) is 11.3. The number of imidazole rings is 1. The summed E-state index contributed by atoms with van der Waals surface area (Å²) >= 11 is 0. The lowest BCUT2D eigenvalue weighted by Gasteiger charge is -2.36. The number of fused-ring (bicyclic) bond motifs is 1. The summed E-state index contributed by atoms with van der Waals surface area (Å²) in [6.45, 7) is 1.16. The first-order valence-electron chi connectivity index (χ1n) is 7.45. The Morgan fingerprint density at radius 2 is 1.96 bits per heavy atom. The molecule has 2 aromatic heterocycles. The Bertz CT molecular complexity index is 815. The molecule has 0 radical (unpaired) electrons. The molecule has 0 fully saturated rings. The fourth-order valence-corrected chi connectivity index (χ4v) is 2.94. The number of nitrogens with zero attached hydrogens (tertiary/aromatic N) is 5. The largest absolute Gasteiger partial charge is 0.331 e. The number of hydrogen-bond donors (Lipinski definition) is 0. The van der Waals surface area contributed by atoms with Crippen LogP contribution in [0.25, 0.3) is 0 Å². The van der Waals surface area contributed by atoms with E-state index in [1.807, 2.05) is 41.4 Å². The van der Waals surface area contributed by atoms with E-state index in [1.54, 1.807) is 18.5 Å². The number of aromatic nitrogens is 4. The van der Waals surface area contributed by atoms with Gasteiger partial charge in [0.25, 0.3) is 5.91 Å². The van der Waals surface area contributed by atoms with Gasteiger partial charge in [0, 0.05) is 25.1 Å². The first kappa shape index (κ1) is 13.6. The summed E-state index contributed by atoms with van der Waals surface area (Å²) in [4.78, 5) is 27.1. The lowest BCUT2D eigenvalue weighted by atomic mass is 10.0. The van der Waals surface area contributed by atoms with Crippen molar-refractivity contribution in [2.45, 2.75) is 19.1 Å². The molecule has 23 heavy (non-hydrogen) atoms. The Hall–Kier alpha value is -3.02. The second kappa shape index (κ2) is 5.64. The van der Waals surface area contributed by atoms with Gasteiger partial charge in [0.05, 0.1) is 12.6 Å². The lowest BCUT2D eigenvalue weighted by molar-refractivity contribution is 0.0578. The van der Waals surface area contributed by atoms with Crippen molar-refractivity contribution in [2.24, 2.45) is 0 Å². The molecule has 3 heterocycles. The van der Waals surface area contributed by atoms with E-state index in [0.717, 1.165) is 11.4 Å². The summed E-state index contributed by atoms with van der Waals surface area (Å²) in [5, 5.41) is 0. The third-order valence-corrected chi connectivity index (χ3v) is 4.11. The molecule has 3 aromatic rings. The molecule has 4 rings (SSSR count). The van der Waals surface area contributed by atoms with Crippen molar-refractivity contribution in [3.05, 3.63) is 78.4 Å². The van der Waals surface area contributed by atoms with Crippen LogP contribution >= 0.6 is 0 Å². The molecular weight excluding hydrogens is 290 g/mol. The summed E-state index contributed by atoms with van der Waals surface area (Å²) < 4.78 is 2.10. The van der Waals surface area contributed by atoms with Gasteiger partial charge in [-0.15, -0.1) is 0 Å². The standard InChI is InChI=1S/C17H15N5O/c23-17(14-6-7-18-12-20-14)22-11-16-19-8-9-21(16)10-15(22)13-4-2-1-3-5-13/h1-9,12,15H,10-11H2/t15-/m0/s1. The number of carbonyl (C=O) groups is 1. The predicted octanol–water partition coefficient (Wildman–Crippen LogP) is 2.07. The van der Waals surface area contributed by atoms with Gasteiger partial charge in [0.15, 0.2) is 0 Å². The average molecular weight is 305 g/mol.